The maximum absolute atomic E-state index is 6.19. The number of H-pyrrole nitrogens is 1. The van der Waals surface area contributed by atoms with Crippen LogP contribution in [0.15, 0.2) is 24.3 Å². The van der Waals surface area contributed by atoms with E-state index >= 15 is 0 Å². The van der Waals surface area contributed by atoms with Gasteiger partial charge in [-0.3, -0.25) is 5.10 Å². The summed E-state index contributed by atoms with van der Waals surface area (Å²) in [7, 11) is 0. The number of nitrogens with zero attached hydrogens (tertiary/aromatic N) is 2. The van der Waals surface area contributed by atoms with E-state index in [9.17, 15) is 0 Å². The first-order valence-corrected chi connectivity index (χ1v) is 6.60. The summed E-state index contributed by atoms with van der Waals surface area (Å²) in [6, 6.07) is 7.82. The van der Waals surface area contributed by atoms with Crippen LogP contribution in [0.5, 0.6) is 0 Å². The van der Waals surface area contributed by atoms with Gasteiger partial charge in [-0.2, -0.15) is 5.10 Å². The predicted molar refractivity (Wildman–Crippen MR) is 71.5 cm³/mol. The van der Waals surface area contributed by atoms with Crippen LogP contribution in [0.3, 0.4) is 0 Å². The summed E-state index contributed by atoms with van der Waals surface area (Å²) in [5.41, 5.74) is 8.42. The molecular weight excluding hydrogens is 240 g/mol. The zero-order valence-corrected chi connectivity index (χ0v) is 11.0. The minimum Gasteiger partial charge on any atom is -0.370 e. The molecule has 0 bridgehead atoms. The first-order chi connectivity index (χ1) is 9.24. The highest BCUT2D eigenvalue weighted by Gasteiger charge is 2.23. The number of aromatic nitrogens is 3. The molecule has 1 saturated heterocycles. The Hall–Kier alpha value is -1.72. The maximum Gasteiger partial charge on any atom is 0.171 e. The fourth-order valence-electron chi connectivity index (χ4n) is 2.29. The van der Waals surface area contributed by atoms with E-state index in [-0.39, 0.29) is 12.1 Å². The Balaban J connectivity index is 1.79. The Morgan fingerprint density at radius 2 is 2.16 bits per heavy atom. The zero-order chi connectivity index (χ0) is 13.2. The Morgan fingerprint density at radius 3 is 2.84 bits per heavy atom. The van der Waals surface area contributed by atoms with Crippen molar-refractivity contribution in [1.82, 2.24) is 15.2 Å². The first-order valence-electron chi connectivity index (χ1n) is 6.60. The van der Waals surface area contributed by atoms with E-state index in [1.807, 2.05) is 24.3 Å². The molecule has 2 atom stereocenters. The molecular formula is C14H18N4O. The Kier molecular flexibility index (Phi) is 3.31. The lowest BCUT2D eigenvalue weighted by molar-refractivity contribution is 0.105. The average molecular weight is 258 g/mol. The molecule has 0 unspecified atom stereocenters. The van der Waals surface area contributed by atoms with Gasteiger partial charge in [0, 0.05) is 6.61 Å². The van der Waals surface area contributed by atoms with Crippen molar-refractivity contribution in [3.63, 3.8) is 0 Å². The molecule has 3 N–H and O–H groups in total. The topological polar surface area (TPSA) is 76.8 Å². The number of aryl methyl sites for hydroxylation is 1. The highest BCUT2D eigenvalue weighted by atomic mass is 16.5. The number of rotatable bonds is 3. The van der Waals surface area contributed by atoms with Gasteiger partial charge < -0.3 is 10.5 Å². The van der Waals surface area contributed by atoms with Crippen molar-refractivity contribution >= 4 is 0 Å². The number of ether oxygens (including phenoxy) is 1. The second kappa shape index (κ2) is 5.11. The van der Waals surface area contributed by atoms with Crippen LogP contribution in [0.1, 0.15) is 47.8 Å². The molecule has 0 radical (unpaired) electrons. The van der Waals surface area contributed by atoms with Crippen molar-refractivity contribution < 1.29 is 4.74 Å². The summed E-state index contributed by atoms with van der Waals surface area (Å²) in [5.74, 6) is 1.41. The minimum absolute atomic E-state index is 0.0477. The summed E-state index contributed by atoms with van der Waals surface area (Å²) >= 11 is 0. The third-order valence-electron chi connectivity index (χ3n) is 3.47. The van der Waals surface area contributed by atoms with Crippen LogP contribution in [0.25, 0.3) is 0 Å². The van der Waals surface area contributed by atoms with Gasteiger partial charge in [-0.05, 0) is 25.3 Å². The highest BCUT2D eigenvalue weighted by molar-refractivity contribution is 5.27. The monoisotopic (exact) mass is 258 g/mol. The summed E-state index contributed by atoms with van der Waals surface area (Å²) in [5, 5.41) is 7.16. The van der Waals surface area contributed by atoms with Crippen LogP contribution in [0, 0.1) is 6.92 Å². The summed E-state index contributed by atoms with van der Waals surface area (Å²) in [6.07, 6.45) is 2.12. The predicted octanol–water partition coefficient (Wildman–Crippen LogP) is 2.01. The number of benzene rings is 1. The molecule has 0 aliphatic carbocycles. The number of nitrogens with one attached hydrogen (secondary N) is 1. The molecule has 1 aliphatic heterocycles. The minimum atomic E-state index is -0.299. The van der Waals surface area contributed by atoms with Crippen LogP contribution in [0.4, 0.5) is 0 Å². The van der Waals surface area contributed by atoms with Crippen LogP contribution < -0.4 is 5.73 Å². The van der Waals surface area contributed by atoms with E-state index in [0.717, 1.165) is 30.8 Å². The van der Waals surface area contributed by atoms with Gasteiger partial charge in [0.1, 0.15) is 6.10 Å². The van der Waals surface area contributed by atoms with Gasteiger partial charge in [-0.1, -0.05) is 29.8 Å². The molecule has 100 valence electrons. The Labute approximate surface area is 112 Å². The SMILES string of the molecule is Cc1ccc([C@@H](N)c2n[nH]c([C@H]3CCCO3)n2)cc1. The van der Waals surface area contributed by atoms with Gasteiger partial charge in [0.15, 0.2) is 11.6 Å². The van der Waals surface area contributed by atoms with Gasteiger partial charge >= 0.3 is 0 Å². The molecule has 0 amide bonds. The molecule has 2 aromatic rings. The van der Waals surface area contributed by atoms with E-state index in [0.29, 0.717) is 5.82 Å². The fraction of sp³-hybridized carbons (Fsp3) is 0.429. The van der Waals surface area contributed by atoms with Gasteiger partial charge in [0.2, 0.25) is 0 Å². The van der Waals surface area contributed by atoms with E-state index in [4.69, 9.17) is 10.5 Å². The molecule has 0 spiro atoms. The second-order valence-corrected chi connectivity index (χ2v) is 4.97. The lowest BCUT2D eigenvalue weighted by atomic mass is 10.1. The molecule has 1 aliphatic rings. The summed E-state index contributed by atoms with van der Waals surface area (Å²) < 4.78 is 5.58. The normalized spacial score (nSPS) is 20.6. The van der Waals surface area contributed by atoms with Crippen LogP contribution in [-0.2, 0) is 4.74 Å². The van der Waals surface area contributed by atoms with Crippen molar-refractivity contribution in [2.24, 2.45) is 5.73 Å². The van der Waals surface area contributed by atoms with Crippen molar-refractivity contribution in [1.29, 1.82) is 0 Å². The fourth-order valence-corrected chi connectivity index (χ4v) is 2.29. The van der Waals surface area contributed by atoms with E-state index in [1.54, 1.807) is 0 Å². The van der Waals surface area contributed by atoms with Gasteiger partial charge in [0.05, 0.1) is 6.04 Å². The molecule has 19 heavy (non-hydrogen) atoms. The highest BCUT2D eigenvalue weighted by Crippen LogP contribution is 2.26. The van der Waals surface area contributed by atoms with Crippen molar-refractivity contribution in [2.45, 2.75) is 31.9 Å². The molecule has 1 aromatic heterocycles. The number of hydrogen-bond donors (Lipinski definition) is 2. The molecule has 1 fully saturated rings. The van der Waals surface area contributed by atoms with E-state index in [1.165, 1.54) is 5.56 Å². The van der Waals surface area contributed by atoms with Crippen molar-refractivity contribution in [3.8, 4) is 0 Å². The summed E-state index contributed by atoms with van der Waals surface area (Å²) in [4.78, 5) is 4.47. The standard InChI is InChI=1S/C14H18N4O/c1-9-4-6-10(7-5-9)12(15)14-16-13(17-18-14)11-3-2-8-19-11/h4-7,11-12H,2-3,8,15H2,1H3,(H,16,17,18)/t11-,12-/m1/s1. The third-order valence-corrected chi connectivity index (χ3v) is 3.47. The largest absolute Gasteiger partial charge is 0.370 e. The lowest BCUT2D eigenvalue weighted by Crippen LogP contribution is -2.13. The Bertz CT molecular complexity index is 543. The van der Waals surface area contributed by atoms with Crippen LogP contribution in [0.2, 0.25) is 0 Å². The quantitative estimate of drug-likeness (QED) is 0.883. The zero-order valence-electron chi connectivity index (χ0n) is 11.0. The average Bonchev–Trinajstić information content (AvgIpc) is 3.10. The maximum atomic E-state index is 6.19. The van der Waals surface area contributed by atoms with E-state index in [2.05, 4.69) is 22.1 Å². The van der Waals surface area contributed by atoms with E-state index < -0.39 is 0 Å². The second-order valence-electron chi connectivity index (χ2n) is 4.97. The van der Waals surface area contributed by atoms with Crippen molar-refractivity contribution in [2.75, 3.05) is 6.61 Å². The third kappa shape index (κ3) is 2.52. The Morgan fingerprint density at radius 1 is 1.37 bits per heavy atom. The molecule has 0 saturated carbocycles. The van der Waals surface area contributed by atoms with Crippen LogP contribution >= 0.6 is 0 Å². The molecule has 5 heteroatoms. The molecule has 1 aromatic carbocycles. The number of hydrogen-bond acceptors (Lipinski definition) is 4. The van der Waals surface area contributed by atoms with Crippen LogP contribution in [-0.4, -0.2) is 21.8 Å². The number of aromatic amines is 1. The molecule has 2 heterocycles. The first kappa shape index (κ1) is 12.3. The lowest BCUT2D eigenvalue weighted by Gasteiger charge is -2.08. The molecule has 3 rings (SSSR count). The van der Waals surface area contributed by atoms with Gasteiger partial charge in [0.25, 0.3) is 0 Å². The van der Waals surface area contributed by atoms with Gasteiger partial charge in [-0.25, -0.2) is 4.98 Å². The number of nitrogens with two attached hydrogens (primary N) is 1. The van der Waals surface area contributed by atoms with Gasteiger partial charge in [-0.15, -0.1) is 0 Å². The summed E-state index contributed by atoms with van der Waals surface area (Å²) in [6.45, 7) is 2.85. The smallest absolute Gasteiger partial charge is 0.171 e. The van der Waals surface area contributed by atoms with Crippen molar-refractivity contribution in [3.05, 3.63) is 47.0 Å². The molecule has 5 nitrogen and oxygen atoms in total.